The van der Waals surface area contributed by atoms with E-state index in [9.17, 15) is 0 Å². The van der Waals surface area contributed by atoms with Crippen LogP contribution in [0.1, 0.15) is 38.2 Å². The van der Waals surface area contributed by atoms with E-state index < -0.39 is 0 Å². The van der Waals surface area contributed by atoms with Gasteiger partial charge in [-0.3, -0.25) is 0 Å². The number of aromatic nitrogens is 1. The van der Waals surface area contributed by atoms with Crippen LogP contribution in [0.4, 0.5) is 0 Å². The molecule has 0 radical (unpaired) electrons. The van der Waals surface area contributed by atoms with Crippen molar-refractivity contribution in [2.75, 3.05) is 0 Å². The fraction of sp³-hybridized carbons (Fsp3) is 0.400. The number of unbranched alkanes of at least 4 members (excludes halogenated alkanes) is 3. The maximum atomic E-state index is 4.68. The minimum Gasteiger partial charge on any atom is -0.239 e. The normalized spacial score (nSPS) is 11.1. The van der Waals surface area contributed by atoms with Gasteiger partial charge in [0.15, 0.2) is 0 Å². The van der Waals surface area contributed by atoms with Crippen molar-refractivity contribution < 1.29 is 0 Å². The minimum atomic E-state index is 1.01. The van der Waals surface area contributed by atoms with Gasteiger partial charge in [0.2, 0.25) is 0 Å². The summed E-state index contributed by atoms with van der Waals surface area (Å²) in [5.41, 5.74) is 2.43. The highest BCUT2D eigenvalue weighted by Gasteiger charge is 2.06. The average Bonchev–Trinajstić information content (AvgIpc) is 2.36. The third-order valence-corrected chi connectivity index (χ3v) is 4.68. The molecule has 1 heterocycles. The lowest BCUT2D eigenvalue weighted by molar-refractivity contribution is 0.665. The second-order valence-corrected chi connectivity index (χ2v) is 6.47. The van der Waals surface area contributed by atoms with Crippen LogP contribution in [0.25, 0.3) is 10.9 Å². The van der Waals surface area contributed by atoms with E-state index in [1.54, 1.807) is 0 Å². The zero-order valence-electron chi connectivity index (χ0n) is 10.5. The molecule has 0 spiro atoms. The number of aryl methyl sites for hydroxylation is 1. The molecule has 1 nitrogen and oxygen atoms in total. The van der Waals surface area contributed by atoms with Crippen molar-refractivity contribution in [1.29, 1.82) is 0 Å². The Labute approximate surface area is 131 Å². The van der Waals surface area contributed by atoms with Crippen molar-refractivity contribution in [3.63, 3.8) is 0 Å². The number of rotatable bonds is 5. The zero-order valence-corrected chi connectivity index (χ0v) is 14.3. The zero-order chi connectivity index (χ0) is 13.0. The van der Waals surface area contributed by atoms with Gasteiger partial charge in [0.1, 0.15) is 4.60 Å². The third kappa shape index (κ3) is 3.44. The first-order valence-corrected chi connectivity index (χ1v) is 8.33. The van der Waals surface area contributed by atoms with E-state index >= 15 is 0 Å². The van der Waals surface area contributed by atoms with Gasteiger partial charge in [-0.1, -0.05) is 38.3 Å². The molecule has 1 aromatic heterocycles. The van der Waals surface area contributed by atoms with E-state index in [0.29, 0.717) is 0 Å². The Morgan fingerprint density at radius 2 is 2.06 bits per heavy atom. The fourth-order valence-electron chi connectivity index (χ4n) is 2.10. The molecular formula is C15H17BrIN. The van der Waals surface area contributed by atoms with Crippen molar-refractivity contribution in [3.05, 3.63) is 38.0 Å². The molecule has 2 rings (SSSR count). The molecule has 0 aliphatic heterocycles. The summed E-state index contributed by atoms with van der Waals surface area (Å²) in [6.07, 6.45) is 6.30. The van der Waals surface area contributed by atoms with Crippen LogP contribution in [0.3, 0.4) is 0 Å². The standard InChI is InChI=1S/C15H17BrIN/c1-2-3-4-5-7-12-10-11-8-6-9-13(17)14(11)18-15(12)16/h6,8-10H,2-5,7H2,1H3. The molecule has 0 atom stereocenters. The Bertz CT molecular complexity index is 539. The Morgan fingerprint density at radius 1 is 1.22 bits per heavy atom. The van der Waals surface area contributed by atoms with E-state index in [1.807, 2.05) is 0 Å². The summed E-state index contributed by atoms with van der Waals surface area (Å²) in [6, 6.07) is 8.62. The van der Waals surface area contributed by atoms with Crippen LogP contribution < -0.4 is 0 Å². The van der Waals surface area contributed by atoms with Crippen LogP contribution in [0.15, 0.2) is 28.9 Å². The van der Waals surface area contributed by atoms with Crippen LogP contribution in [0.5, 0.6) is 0 Å². The van der Waals surface area contributed by atoms with Crippen molar-refractivity contribution in [2.45, 2.75) is 39.0 Å². The molecule has 0 bridgehead atoms. The van der Waals surface area contributed by atoms with Crippen LogP contribution in [0.2, 0.25) is 0 Å². The number of hydrogen-bond donors (Lipinski definition) is 0. The lowest BCUT2D eigenvalue weighted by atomic mass is 10.1. The molecule has 96 valence electrons. The van der Waals surface area contributed by atoms with E-state index in [-0.39, 0.29) is 0 Å². The van der Waals surface area contributed by atoms with Gasteiger partial charge in [0.05, 0.1) is 5.52 Å². The average molecular weight is 418 g/mol. The highest BCUT2D eigenvalue weighted by Crippen LogP contribution is 2.25. The van der Waals surface area contributed by atoms with Crippen molar-refractivity contribution in [3.8, 4) is 0 Å². The topological polar surface area (TPSA) is 12.9 Å². The number of halogens is 2. The van der Waals surface area contributed by atoms with E-state index in [0.717, 1.165) is 16.5 Å². The molecule has 0 N–H and O–H groups in total. The number of hydrogen-bond acceptors (Lipinski definition) is 1. The first-order valence-electron chi connectivity index (χ1n) is 6.46. The van der Waals surface area contributed by atoms with Crippen molar-refractivity contribution >= 4 is 49.4 Å². The van der Waals surface area contributed by atoms with Gasteiger partial charge in [-0.25, -0.2) is 4.98 Å². The van der Waals surface area contributed by atoms with Crippen molar-refractivity contribution in [1.82, 2.24) is 4.98 Å². The summed E-state index contributed by atoms with van der Waals surface area (Å²) in [5.74, 6) is 0. The molecule has 1 aromatic carbocycles. The molecule has 0 fully saturated rings. The van der Waals surface area contributed by atoms with Gasteiger partial charge in [-0.15, -0.1) is 0 Å². The molecule has 0 saturated carbocycles. The molecule has 3 heteroatoms. The van der Waals surface area contributed by atoms with Gasteiger partial charge in [-0.05, 0) is 69.1 Å². The third-order valence-electron chi connectivity index (χ3n) is 3.12. The maximum absolute atomic E-state index is 4.68. The number of nitrogens with zero attached hydrogens (tertiary/aromatic N) is 1. The largest absolute Gasteiger partial charge is 0.239 e. The quantitative estimate of drug-likeness (QED) is 0.344. The Kier molecular flexibility index (Phi) is 5.42. The predicted molar refractivity (Wildman–Crippen MR) is 90.0 cm³/mol. The van der Waals surface area contributed by atoms with Gasteiger partial charge < -0.3 is 0 Å². The Balaban J connectivity index is 2.21. The summed E-state index contributed by atoms with van der Waals surface area (Å²) in [6.45, 7) is 2.25. The first-order chi connectivity index (χ1) is 8.72. The number of fused-ring (bicyclic) bond motifs is 1. The Hall–Kier alpha value is -0.160. The summed E-state index contributed by atoms with van der Waals surface area (Å²) < 4.78 is 2.22. The van der Waals surface area contributed by atoms with Crippen LogP contribution >= 0.6 is 38.5 Å². The predicted octanol–water partition coefficient (Wildman–Crippen LogP) is 5.72. The van der Waals surface area contributed by atoms with E-state index in [4.69, 9.17) is 0 Å². The molecule has 0 saturated heterocycles. The molecule has 0 aliphatic carbocycles. The van der Waals surface area contributed by atoms with Gasteiger partial charge in [0, 0.05) is 8.96 Å². The van der Waals surface area contributed by atoms with Crippen LogP contribution in [-0.2, 0) is 6.42 Å². The lowest BCUT2D eigenvalue weighted by Crippen LogP contribution is -1.93. The molecular weight excluding hydrogens is 401 g/mol. The number of benzene rings is 1. The number of pyridine rings is 1. The Morgan fingerprint density at radius 3 is 2.83 bits per heavy atom. The SMILES string of the molecule is CCCCCCc1cc2cccc(I)c2nc1Br. The van der Waals surface area contributed by atoms with Gasteiger partial charge >= 0.3 is 0 Å². The highest BCUT2D eigenvalue weighted by atomic mass is 127. The molecule has 2 aromatic rings. The second kappa shape index (κ2) is 6.85. The smallest absolute Gasteiger partial charge is 0.110 e. The summed E-state index contributed by atoms with van der Waals surface area (Å²) in [4.78, 5) is 4.68. The molecule has 0 amide bonds. The second-order valence-electron chi connectivity index (χ2n) is 4.56. The summed E-state index contributed by atoms with van der Waals surface area (Å²) in [7, 11) is 0. The van der Waals surface area contributed by atoms with Crippen LogP contribution in [0, 0.1) is 3.57 Å². The van der Waals surface area contributed by atoms with Gasteiger partial charge in [-0.2, -0.15) is 0 Å². The molecule has 0 unspecified atom stereocenters. The molecule has 0 aliphatic rings. The maximum Gasteiger partial charge on any atom is 0.110 e. The summed E-state index contributed by atoms with van der Waals surface area (Å²) in [5, 5.41) is 1.25. The lowest BCUT2D eigenvalue weighted by Gasteiger charge is -2.07. The fourth-order valence-corrected chi connectivity index (χ4v) is 3.23. The summed E-state index contributed by atoms with van der Waals surface area (Å²) >= 11 is 5.95. The number of para-hydroxylation sites is 1. The van der Waals surface area contributed by atoms with E-state index in [1.165, 1.54) is 40.2 Å². The van der Waals surface area contributed by atoms with Gasteiger partial charge in [0.25, 0.3) is 0 Å². The molecule has 18 heavy (non-hydrogen) atoms. The highest BCUT2D eigenvalue weighted by molar-refractivity contribution is 14.1. The van der Waals surface area contributed by atoms with Crippen molar-refractivity contribution in [2.24, 2.45) is 0 Å². The van der Waals surface area contributed by atoms with Crippen LogP contribution in [-0.4, -0.2) is 4.98 Å². The minimum absolute atomic E-state index is 1.01. The monoisotopic (exact) mass is 417 g/mol. The first kappa shape index (κ1) is 14.3. The van der Waals surface area contributed by atoms with E-state index in [2.05, 4.69) is 74.7 Å².